The number of carbonyl (C=O) groups excluding carboxylic acids is 1. The van der Waals surface area contributed by atoms with Gasteiger partial charge in [0.15, 0.2) is 5.96 Å². The second-order valence-electron chi connectivity index (χ2n) is 7.00. The number of piperazine rings is 1. The fraction of sp³-hybridized carbons (Fsp3) is 0.722. The number of aliphatic imine (C=N–C) groups is 1. The van der Waals surface area contributed by atoms with Crippen LogP contribution in [-0.4, -0.2) is 83.9 Å². The number of hydrogen-bond acceptors (Lipinski definition) is 5. The number of nitrogens with zero attached hydrogens (tertiary/aromatic N) is 5. The monoisotopic (exact) mass is 378 g/mol. The van der Waals surface area contributed by atoms with Crippen molar-refractivity contribution in [3.05, 3.63) is 16.1 Å². The minimum absolute atomic E-state index is 0.0245. The number of hydrogen-bond donors (Lipinski definition) is 1. The summed E-state index contributed by atoms with van der Waals surface area (Å²) in [5, 5.41) is 4.49. The van der Waals surface area contributed by atoms with Crippen LogP contribution < -0.4 is 5.32 Å². The number of guanidine groups is 1. The van der Waals surface area contributed by atoms with Crippen LogP contribution in [0.5, 0.6) is 0 Å². The molecule has 0 aromatic carbocycles. The average Bonchev–Trinajstić information content (AvgIpc) is 3.33. The Morgan fingerprint density at radius 3 is 2.50 bits per heavy atom. The summed E-state index contributed by atoms with van der Waals surface area (Å²) in [6.45, 7) is 10.2. The number of thiazole rings is 1. The van der Waals surface area contributed by atoms with Crippen molar-refractivity contribution in [2.24, 2.45) is 4.99 Å². The molecule has 2 aliphatic rings. The number of likely N-dealkylation sites (tertiary alicyclic amines) is 1. The Labute approximate surface area is 160 Å². The minimum Gasteiger partial charge on any atom is -0.350 e. The molecule has 0 spiro atoms. The highest BCUT2D eigenvalue weighted by atomic mass is 32.1. The van der Waals surface area contributed by atoms with Gasteiger partial charge in [0, 0.05) is 57.4 Å². The van der Waals surface area contributed by atoms with Crippen LogP contribution in [-0.2, 0) is 11.3 Å². The van der Waals surface area contributed by atoms with E-state index >= 15 is 0 Å². The lowest BCUT2D eigenvalue weighted by molar-refractivity contribution is -0.135. The van der Waals surface area contributed by atoms with Gasteiger partial charge in [-0.3, -0.25) is 14.7 Å². The molecule has 3 heterocycles. The summed E-state index contributed by atoms with van der Waals surface area (Å²) in [4.78, 5) is 29.2. The van der Waals surface area contributed by atoms with E-state index in [1.807, 2.05) is 25.1 Å². The summed E-state index contributed by atoms with van der Waals surface area (Å²) >= 11 is 1.71. The number of amides is 1. The van der Waals surface area contributed by atoms with Gasteiger partial charge in [-0.2, -0.15) is 0 Å². The van der Waals surface area contributed by atoms with Crippen molar-refractivity contribution in [3.8, 4) is 0 Å². The van der Waals surface area contributed by atoms with Gasteiger partial charge in [0.2, 0.25) is 5.91 Å². The Balaban J connectivity index is 1.47. The second-order valence-corrected chi connectivity index (χ2v) is 8.32. The lowest BCUT2D eigenvalue weighted by Crippen LogP contribution is -2.57. The van der Waals surface area contributed by atoms with E-state index in [0.29, 0.717) is 6.54 Å². The van der Waals surface area contributed by atoms with Crippen molar-refractivity contribution in [2.75, 3.05) is 46.3 Å². The number of carbonyl (C=O) groups is 1. The molecule has 1 unspecified atom stereocenters. The molecule has 1 amide bonds. The highest BCUT2D eigenvalue weighted by molar-refractivity contribution is 7.11. The molecule has 7 nitrogen and oxygen atoms in total. The molecule has 0 saturated carbocycles. The largest absolute Gasteiger partial charge is 0.350 e. The predicted octanol–water partition coefficient (Wildman–Crippen LogP) is 1.16. The molecular formula is C18H30N6OS. The molecule has 1 N–H and O–H groups in total. The van der Waals surface area contributed by atoms with Gasteiger partial charge >= 0.3 is 0 Å². The Bertz CT molecular complexity index is 631. The van der Waals surface area contributed by atoms with Crippen molar-refractivity contribution < 1.29 is 4.79 Å². The van der Waals surface area contributed by atoms with Gasteiger partial charge in [-0.05, 0) is 26.7 Å². The van der Waals surface area contributed by atoms with Crippen molar-refractivity contribution in [1.29, 1.82) is 0 Å². The fourth-order valence-corrected chi connectivity index (χ4v) is 4.38. The summed E-state index contributed by atoms with van der Waals surface area (Å²) in [5.74, 6) is 1.20. The molecule has 144 valence electrons. The summed E-state index contributed by atoms with van der Waals surface area (Å²) < 4.78 is 0. The Hall–Kier alpha value is -1.67. The van der Waals surface area contributed by atoms with Crippen LogP contribution in [0.25, 0.3) is 0 Å². The number of aryl methyl sites for hydroxylation is 1. The Morgan fingerprint density at radius 2 is 1.92 bits per heavy atom. The zero-order chi connectivity index (χ0) is 18.5. The van der Waals surface area contributed by atoms with E-state index in [0.717, 1.165) is 63.1 Å². The molecule has 1 aromatic rings. The van der Waals surface area contributed by atoms with Crippen LogP contribution in [0.4, 0.5) is 0 Å². The van der Waals surface area contributed by atoms with Gasteiger partial charge in [0.05, 0.1) is 12.6 Å². The maximum absolute atomic E-state index is 12.6. The van der Waals surface area contributed by atoms with Gasteiger partial charge in [-0.15, -0.1) is 11.3 Å². The highest BCUT2D eigenvalue weighted by Crippen LogP contribution is 2.14. The number of aromatic nitrogens is 1. The quantitative estimate of drug-likeness (QED) is 0.629. The van der Waals surface area contributed by atoms with Crippen molar-refractivity contribution in [1.82, 2.24) is 25.0 Å². The molecule has 8 heteroatoms. The standard InChI is InChI=1S/C18H30N6OS/c1-14-12-20-16(26-14)13-21-18(19-3)24-10-8-22(9-11-24)15(2)17(25)23-6-4-5-7-23/h12,15H,4-11,13H2,1-3H3,(H,19,21). The van der Waals surface area contributed by atoms with Crippen LogP contribution >= 0.6 is 11.3 Å². The molecular weight excluding hydrogens is 348 g/mol. The zero-order valence-electron chi connectivity index (χ0n) is 16.1. The molecule has 0 radical (unpaired) electrons. The van der Waals surface area contributed by atoms with Crippen LogP contribution in [0.2, 0.25) is 0 Å². The molecule has 2 aliphatic heterocycles. The smallest absolute Gasteiger partial charge is 0.239 e. The summed E-state index contributed by atoms with van der Waals surface area (Å²) in [6, 6.07) is -0.0245. The number of rotatable bonds is 4. The van der Waals surface area contributed by atoms with Gasteiger partial charge < -0.3 is 15.1 Å². The highest BCUT2D eigenvalue weighted by Gasteiger charge is 2.30. The van der Waals surface area contributed by atoms with Gasteiger partial charge in [-0.1, -0.05) is 0 Å². The summed E-state index contributed by atoms with van der Waals surface area (Å²) in [6.07, 6.45) is 4.20. The van der Waals surface area contributed by atoms with Crippen LogP contribution in [0, 0.1) is 6.92 Å². The van der Waals surface area contributed by atoms with Crippen molar-refractivity contribution >= 4 is 23.2 Å². The first kappa shape index (κ1) is 19.1. The van der Waals surface area contributed by atoms with Crippen molar-refractivity contribution in [2.45, 2.75) is 39.3 Å². The second kappa shape index (κ2) is 8.81. The van der Waals surface area contributed by atoms with E-state index < -0.39 is 0 Å². The van der Waals surface area contributed by atoms with Gasteiger partial charge in [0.1, 0.15) is 5.01 Å². The molecule has 1 aromatic heterocycles. The summed E-state index contributed by atoms with van der Waals surface area (Å²) in [7, 11) is 1.82. The van der Waals surface area contributed by atoms with Gasteiger partial charge in [-0.25, -0.2) is 4.98 Å². The maximum atomic E-state index is 12.6. The zero-order valence-corrected chi connectivity index (χ0v) is 16.9. The van der Waals surface area contributed by atoms with E-state index in [-0.39, 0.29) is 11.9 Å². The Morgan fingerprint density at radius 1 is 1.23 bits per heavy atom. The van der Waals surface area contributed by atoms with E-state index in [1.54, 1.807) is 11.3 Å². The average molecular weight is 379 g/mol. The third kappa shape index (κ3) is 4.54. The molecule has 0 aliphatic carbocycles. The first-order valence-corrected chi connectivity index (χ1v) is 10.3. The fourth-order valence-electron chi connectivity index (χ4n) is 3.65. The van der Waals surface area contributed by atoms with E-state index in [1.165, 1.54) is 4.88 Å². The van der Waals surface area contributed by atoms with E-state index in [2.05, 4.69) is 32.0 Å². The predicted molar refractivity (Wildman–Crippen MR) is 105 cm³/mol. The SMILES string of the molecule is CN=C(NCc1ncc(C)s1)N1CCN(C(C)C(=O)N2CCCC2)CC1. The van der Waals surface area contributed by atoms with E-state index in [9.17, 15) is 4.79 Å². The first-order valence-electron chi connectivity index (χ1n) is 9.48. The summed E-state index contributed by atoms with van der Waals surface area (Å²) in [5.41, 5.74) is 0. The molecule has 1 atom stereocenters. The Kier molecular flexibility index (Phi) is 6.48. The van der Waals surface area contributed by atoms with E-state index in [4.69, 9.17) is 0 Å². The van der Waals surface area contributed by atoms with Crippen molar-refractivity contribution in [3.63, 3.8) is 0 Å². The third-order valence-corrected chi connectivity index (χ3v) is 6.13. The minimum atomic E-state index is -0.0245. The lowest BCUT2D eigenvalue weighted by atomic mass is 10.2. The molecule has 3 rings (SSSR count). The van der Waals surface area contributed by atoms with Crippen LogP contribution in [0.15, 0.2) is 11.2 Å². The van der Waals surface area contributed by atoms with Crippen LogP contribution in [0.3, 0.4) is 0 Å². The van der Waals surface area contributed by atoms with Gasteiger partial charge in [0.25, 0.3) is 0 Å². The topological polar surface area (TPSA) is 64.1 Å². The normalized spacial score (nSPS) is 20.5. The molecule has 2 fully saturated rings. The maximum Gasteiger partial charge on any atom is 0.239 e. The molecule has 2 saturated heterocycles. The lowest BCUT2D eigenvalue weighted by Gasteiger charge is -2.39. The molecule has 26 heavy (non-hydrogen) atoms. The number of nitrogens with one attached hydrogen (secondary N) is 1. The third-order valence-electron chi connectivity index (χ3n) is 5.22. The first-order chi connectivity index (χ1) is 12.6. The molecule has 0 bridgehead atoms. The van der Waals surface area contributed by atoms with Crippen LogP contribution in [0.1, 0.15) is 29.7 Å².